The van der Waals surface area contributed by atoms with E-state index in [0.29, 0.717) is 18.1 Å². The van der Waals surface area contributed by atoms with E-state index in [1.54, 1.807) is 12.4 Å². The van der Waals surface area contributed by atoms with Crippen molar-refractivity contribution in [1.82, 2.24) is 15.0 Å². The second-order valence-corrected chi connectivity index (χ2v) is 5.32. The van der Waals surface area contributed by atoms with E-state index in [2.05, 4.69) is 25.6 Å². The summed E-state index contributed by atoms with van der Waals surface area (Å²) in [5.41, 5.74) is 3.37. The highest BCUT2D eigenvalue weighted by atomic mass is 16.1. The smallest absolute Gasteiger partial charge is 0.258 e. The highest BCUT2D eigenvalue weighted by Crippen LogP contribution is 2.11. The van der Waals surface area contributed by atoms with Crippen LogP contribution in [0.4, 0.5) is 11.6 Å². The number of pyridine rings is 1. The van der Waals surface area contributed by atoms with Crippen LogP contribution in [0.5, 0.6) is 0 Å². The van der Waals surface area contributed by atoms with Crippen molar-refractivity contribution in [3.05, 3.63) is 77.9 Å². The zero-order valence-electron chi connectivity index (χ0n) is 13.2. The standard InChI is InChI=1S/C18H17N5O/c1-13-2-4-16(5-3-13)23-17(24)15-11-21-18(22-12-15)20-10-14-6-8-19-9-7-14/h2-9,11-12H,10H2,1H3,(H,23,24)(H,20,21,22). The van der Waals surface area contributed by atoms with Crippen molar-refractivity contribution >= 4 is 17.5 Å². The van der Waals surface area contributed by atoms with E-state index < -0.39 is 0 Å². The number of aryl methyl sites for hydroxylation is 1. The first-order valence-electron chi connectivity index (χ1n) is 7.53. The van der Waals surface area contributed by atoms with Crippen molar-refractivity contribution in [2.75, 3.05) is 10.6 Å². The molecule has 0 aliphatic heterocycles. The van der Waals surface area contributed by atoms with Crippen molar-refractivity contribution in [2.24, 2.45) is 0 Å². The summed E-state index contributed by atoms with van der Waals surface area (Å²) in [5.74, 6) is 0.234. The first-order chi connectivity index (χ1) is 11.7. The van der Waals surface area contributed by atoms with Gasteiger partial charge in [-0.2, -0.15) is 0 Å². The van der Waals surface area contributed by atoms with Gasteiger partial charge in [0, 0.05) is 37.0 Å². The molecule has 1 amide bonds. The number of rotatable bonds is 5. The maximum atomic E-state index is 12.2. The molecular weight excluding hydrogens is 302 g/mol. The van der Waals surface area contributed by atoms with Crippen LogP contribution in [-0.2, 0) is 6.54 Å². The molecule has 120 valence electrons. The number of nitrogens with zero attached hydrogens (tertiary/aromatic N) is 3. The lowest BCUT2D eigenvalue weighted by molar-refractivity contribution is 0.102. The van der Waals surface area contributed by atoms with Gasteiger partial charge in [0.25, 0.3) is 5.91 Å². The maximum absolute atomic E-state index is 12.2. The normalized spacial score (nSPS) is 10.2. The van der Waals surface area contributed by atoms with Crippen LogP contribution in [0.15, 0.2) is 61.2 Å². The molecule has 1 aromatic carbocycles. The van der Waals surface area contributed by atoms with Crippen LogP contribution in [0.1, 0.15) is 21.5 Å². The third kappa shape index (κ3) is 4.13. The molecule has 3 rings (SSSR count). The fourth-order valence-electron chi connectivity index (χ4n) is 2.06. The number of hydrogen-bond donors (Lipinski definition) is 2. The molecule has 3 aromatic rings. The predicted octanol–water partition coefficient (Wildman–Crippen LogP) is 3.04. The third-order valence-corrected chi connectivity index (χ3v) is 3.42. The van der Waals surface area contributed by atoms with Gasteiger partial charge in [0.1, 0.15) is 0 Å². The van der Waals surface area contributed by atoms with Gasteiger partial charge in [0.05, 0.1) is 5.56 Å². The van der Waals surface area contributed by atoms with E-state index >= 15 is 0 Å². The monoisotopic (exact) mass is 319 g/mol. The van der Waals surface area contributed by atoms with E-state index in [-0.39, 0.29) is 5.91 Å². The highest BCUT2D eigenvalue weighted by Gasteiger charge is 2.07. The molecule has 0 radical (unpaired) electrons. The Morgan fingerprint density at radius 2 is 1.67 bits per heavy atom. The Bertz CT molecular complexity index is 801. The highest BCUT2D eigenvalue weighted by molar-refractivity contribution is 6.03. The minimum Gasteiger partial charge on any atom is -0.350 e. The SMILES string of the molecule is Cc1ccc(NC(=O)c2cnc(NCc3ccncc3)nc2)cc1. The molecule has 2 aromatic heterocycles. The summed E-state index contributed by atoms with van der Waals surface area (Å²) in [7, 11) is 0. The lowest BCUT2D eigenvalue weighted by atomic mass is 10.2. The lowest BCUT2D eigenvalue weighted by Gasteiger charge is -2.07. The molecule has 6 heteroatoms. The number of hydrogen-bond acceptors (Lipinski definition) is 5. The van der Waals surface area contributed by atoms with Crippen LogP contribution in [0.2, 0.25) is 0 Å². The number of anilines is 2. The van der Waals surface area contributed by atoms with Gasteiger partial charge in [-0.05, 0) is 36.8 Å². The van der Waals surface area contributed by atoms with Gasteiger partial charge >= 0.3 is 0 Å². The Morgan fingerprint density at radius 3 is 2.33 bits per heavy atom. The Labute approximate surface area is 140 Å². The summed E-state index contributed by atoms with van der Waals surface area (Å²) in [4.78, 5) is 24.5. The summed E-state index contributed by atoms with van der Waals surface area (Å²) < 4.78 is 0. The summed E-state index contributed by atoms with van der Waals surface area (Å²) in [6, 6.07) is 11.4. The van der Waals surface area contributed by atoms with Crippen molar-refractivity contribution in [3.8, 4) is 0 Å². The molecule has 0 unspecified atom stereocenters. The van der Waals surface area contributed by atoms with Gasteiger partial charge in [0.2, 0.25) is 5.95 Å². The molecular formula is C18H17N5O. The number of benzene rings is 1. The second kappa shape index (κ2) is 7.32. The first-order valence-corrected chi connectivity index (χ1v) is 7.53. The van der Waals surface area contributed by atoms with Crippen molar-refractivity contribution in [2.45, 2.75) is 13.5 Å². The van der Waals surface area contributed by atoms with Crippen LogP contribution < -0.4 is 10.6 Å². The number of carbonyl (C=O) groups excluding carboxylic acids is 1. The number of carbonyl (C=O) groups is 1. The van der Waals surface area contributed by atoms with Gasteiger partial charge in [0.15, 0.2) is 0 Å². The summed E-state index contributed by atoms with van der Waals surface area (Å²) >= 11 is 0. The van der Waals surface area contributed by atoms with Gasteiger partial charge in [-0.3, -0.25) is 9.78 Å². The molecule has 0 fully saturated rings. The van der Waals surface area contributed by atoms with Crippen LogP contribution in [0.25, 0.3) is 0 Å². The van der Waals surface area contributed by atoms with Crippen LogP contribution in [0.3, 0.4) is 0 Å². The lowest BCUT2D eigenvalue weighted by Crippen LogP contribution is -2.13. The van der Waals surface area contributed by atoms with Crippen molar-refractivity contribution in [1.29, 1.82) is 0 Å². The number of aromatic nitrogens is 3. The third-order valence-electron chi connectivity index (χ3n) is 3.42. The van der Waals surface area contributed by atoms with E-state index in [0.717, 1.165) is 16.8 Å². The topological polar surface area (TPSA) is 79.8 Å². The minimum atomic E-state index is -0.237. The second-order valence-electron chi connectivity index (χ2n) is 5.32. The predicted molar refractivity (Wildman–Crippen MR) is 92.7 cm³/mol. The van der Waals surface area contributed by atoms with Gasteiger partial charge in [-0.15, -0.1) is 0 Å². The molecule has 2 heterocycles. The van der Waals surface area contributed by atoms with Crippen molar-refractivity contribution in [3.63, 3.8) is 0 Å². The summed E-state index contributed by atoms with van der Waals surface area (Å²) in [6.07, 6.45) is 6.48. The van der Waals surface area contributed by atoms with E-state index in [1.807, 2.05) is 43.3 Å². The fourth-order valence-corrected chi connectivity index (χ4v) is 2.06. The van der Waals surface area contributed by atoms with Gasteiger partial charge in [-0.1, -0.05) is 17.7 Å². The fraction of sp³-hybridized carbons (Fsp3) is 0.111. The molecule has 0 atom stereocenters. The average molecular weight is 319 g/mol. The largest absolute Gasteiger partial charge is 0.350 e. The van der Waals surface area contributed by atoms with Crippen molar-refractivity contribution < 1.29 is 4.79 Å². The number of amides is 1. The van der Waals surface area contributed by atoms with Crippen LogP contribution >= 0.6 is 0 Å². The average Bonchev–Trinajstić information content (AvgIpc) is 2.63. The molecule has 2 N–H and O–H groups in total. The zero-order chi connectivity index (χ0) is 16.8. The Morgan fingerprint density at radius 1 is 1.00 bits per heavy atom. The molecule has 24 heavy (non-hydrogen) atoms. The van der Waals surface area contributed by atoms with Gasteiger partial charge in [-0.25, -0.2) is 9.97 Å². The zero-order valence-corrected chi connectivity index (χ0v) is 13.2. The van der Waals surface area contributed by atoms with Gasteiger partial charge < -0.3 is 10.6 Å². The quantitative estimate of drug-likeness (QED) is 0.755. The number of nitrogens with one attached hydrogen (secondary N) is 2. The molecule has 0 saturated carbocycles. The Kier molecular flexibility index (Phi) is 4.76. The Hall–Kier alpha value is -3.28. The minimum absolute atomic E-state index is 0.237. The van der Waals surface area contributed by atoms with E-state index in [1.165, 1.54) is 12.4 Å². The molecule has 6 nitrogen and oxygen atoms in total. The molecule has 0 aliphatic carbocycles. The summed E-state index contributed by atoms with van der Waals surface area (Å²) in [6.45, 7) is 2.59. The van der Waals surface area contributed by atoms with E-state index in [9.17, 15) is 4.79 Å². The van der Waals surface area contributed by atoms with E-state index in [4.69, 9.17) is 0 Å². The Balaban J connectivity index is 1.59. The van der Waals surface area contributed by atoms with Crippen LogP contribution in [0, 0.1) is 6.92 Å². The first kappa shape index (κ1) is 15.6. The molecule has 0 bridgehead atoms. The molecule has 0 aliphatic rings. The molecule has 0 spiro atoms. The summed E-state index contributed by atoms with van der Waals surface area (Å²) in [5, 5.41) is 5.92. The maximum Gasteiger partial charge on any atom is 0.258 e. The molecule has 0 saturated heterocycles. The van der Waals surface area contributed by atoms with Crippen LogP contribution in [-0.4, -0.2) is 20.9 Å².